The molecule has 0 fully saturated rings. The molecule has 0 unspecified atom stereocenters. The molecule has 0 atom stereocenters. The summed E-state index contributed by atoms with van der Waals surface area (Å²) in [7, 11) is -3.55. The summed E-state index contributed by atoms with van der Waals surface area (Å²) in [5, 5.41) is 0. The maximum atomic E-state index is 12.3. The third kappa shape index (κ3) is 3.02. The van der Waals surface area contributed by atoms with E-state index in [1.165, 1.54) is 12.7 Å². The van der Waals surface area contributed by atoms with Crippen LogP contribution in [0.1, 0.15) is 22.4 Å². The van der Waals surface area contributed by atoms with Crippen LogP contribution in [-0.4, -0.2) is 13.4 Å². The molecule has 1 aromatic carbocycles. The number of sulfonamides is 1. The van der Waals surface area contributed by atoms with Crippen molar-refractivity contribution in [1.82, 2.24) is 9.71 Å². The minimum atomic E-state index is -3.55. The molecule has 0 radical (unpaired) electrons. The molecule has 0 spiro atoms. The molecule has 5 nitrogen and oxygen atoms in total. The van der Waals surface area contributed by atoms with Crippen molar-refractivity contribution in [3.8, 4) is 0 Å². The van der Waals surface area contributed by atoms with Gasteiger partial charge in [-0.3, -0.25) is 0 Å². The van der Waals surface area contributed by atoms with Gasteiger partial charge in [0.15, 0.2) is 6.39 Å². The Bertz CT molecular complexity index is 653. The highest BCUT2D eigenvalue weighted by Crippen LogP contribution is 2.21. The van der Waals surface area contributed by atoms with Crippen LogP contribution in [0, 0.1) is 20.8 Å². The molecule has 0 saturated heterocycles. The molecule has 1 heterocycles. The number of rotatable bonds is 4. The molecule has 1 N–H and O–H groups in total. The van der Waals surface area contributed by atoms with E-state index in [1.54, 1.807) is 13.8 Å². The maximum Gasteiger partial charge on any atom is 0.241 e. The minimum absolute atomic E-state index is 0.117. The average Bonchev–Trinajstić information content (AvgIpc) is 2.77. The van der Waals surface area contributed by atoms with Gasteiger partial charge in [0.25, 0.3) is 0 Å². The quantitative estimate of drug-likeness (QED) is 0.930. The fourth-order valence-electron chi connectivity index (χ4n) is 2.16. The van der Waals surface area contributed by atoms with Gasteiger partial charge in [-0.25, -0.2) is 18.1 Å². The van der Waals surface area contributed by atoms with Crippen molar-refractivity contribution < 1.29 is 12.8 Å². The molecule has 102 valence electrons. The summed E-state index contributed by atoms with van der Waals surface area (Å²) in [4.78, 5) is 4.21. The fraction of sp³-hybridized carbons (Fsp3) is 0.308. The molecular formula is C13H16N2O3S. The van der Waals surface area contributed by atoms with Crippen molar-refractivity contribution in [2.24, 2.45) is 0 Å². The van der Waals surface area contributed by atoms with Gasteiger partial charge in [-0.1, -0.05) is 17.7 Å². The molecule has 0 aliphatic rings. The largest absolute Gasteiger partial charge is 0.451 e. The van der Waals surface area contributed by atoms with Gasteiger partial charge < -0.3 is 4.42 Å². The Balaban J connectivity index is 2.29. The van der Waals surface area contributed by atoms with Crippen LogP contribution in [0.15, 0.2) is 34.1 Å². The first-order chi connectivity index (χ1) is 8.90. The van der Waals surface area contributed by atoms with Crippen molar-refractivity contribution in [2.75, 3.05) is 0 Å². The first-order valence-corrected chi connectivity index (χ1v) is 7.33. The molecule has 0 amide bonds. The third-order valence-electron chi connectivity index (χ3n) is 2.80. The summed E-state index contributed by atoms with van der Waals surface area (Å²) >= 11 is 0. The van der Waals surface area contributed by atoms with Crippen molar-refractivity contribution in [2.45, 2.75) is 32.2 Å². The minimum Gasteiger partial charge on any atom is -0.451 e. The van der Waals surface area contributed by atoms with Crippen molar-refractivity contribution in [3.05, 3.63) is 47.2 Å². The van der Waals surface area contributed by atoms with Crippen LogP contribution in [0.4, 0.5) is 0 Å². The number of hydrogen-bond acceptors (Lipinski definition) is 4. The molecule has 0 saturated carbocycles. The summed E-state index contributed by atoms with van der Waals surface area (Å²) < 4.78 is 32.0. The summed E-state index contributed by atoms with van der Waals surface area (Å²) in [6.45, 7) is 5.65. The Morgan fingerprint density at radius 1 is 1.21 bits per heavy atom. The van der Waals surface area contributed by atoms with Crippen molar-refractivity contribution in [3.63, 3.8) is 0 Å². The van der Waals surface area contributed by atoms with Gasteiger partial charge in [0, 0.05) is 0 Å². The molecule has 2 aromatic rings. The number of hydrogen-bond donors (Lipinski definition) is 1. The fourth-order valence-corrected chi connectivity index (χ4v) is 3.60. The van der Waals surface area contributed by atoms with Crippen LogP contribution in [0.25, 0.3) is 0 Å². The summed E-state index contributed by atoms with van der Waals surface area (Å²) in [6, 6.07) is 3.72. The molecular weight excluding hydrogens is 264 g/mol. The Kier molecular flexibility index (Phi) is 3.73. The predicted octanol–water partition coefficient (Wildman–Crippen LogP) is 2.08. The molecule has 0 aliphatic carbocycles. The van der Waals surface area contributed by atoms with Crippen LogP contribution >= 0.6 is 0 Å². The summed E-state index contributed by atoms with van der Waals surface area (Å²) in [6.07, 6.45) is 2.68. The highest BCUT2D eigenvalue weighted by atomic mass is 32.2. The molecule has 2 rings (SSSR count). The maximum absolute atomic E-state index is 12.3. The second kappa shape index (κ2) is 5.14. The smallest absolute Gasteiger partial charge is 0.241 e. The SMILES string of the molecule is Cc1cc(C)c(S(=O)(=O)NCc2cocn2)c(C)c1. The molecule has 0 bridgehead atoms. The lowest BCUT2D eigenvalue weighted by molar-refractivity contribution is 0.555. The molecule has 0 aliphatic heterocycles. The highest BCUT2D eigenvalue weighted by molar-refractivity contribution is 7.89. The predicted molar refractivity (Wildman–Crippen MR) is 71.2 cm³/mol. The monoisotopic (exact) mass is 280 g/mol. The Morgan fingerprint density at radius 2 is 1.84 bits per heavy atom. The summed E-state index contributed by atoms with van der Waals surface area (Å²) in [5.41, 5.74) is 3.08. The van der Waals surface area contributed by atoms with Crippen LogP contribution in [-0.2, 0) is 16.6 Å². The zero-order valence-electron chi connectivity index (χ0n) is 11.1. The van der Waals surface area contributed by atoms with Gasteiger partial charge >= 0.3 is 0 Å². The van der Waals surface area contributed by atoms with Crippen molar-refractivity contribution >= 4 is 10.0 Å². The second-order valence-corrected chi connectivity index (χ2v) is 6.24. The number of benzene rings is 1. The molecule has 6 heteroatoms. The topological polar surface area (TPSA) is 72.2 Å². The van der Waals surface area contributed by atoms with Gasteiger partial charge in [-0.05, 0) is 31.9 Å². The van der Waals surface area contributed by atoms with Gasteiger partial charge in [0.05, 0.1) is 17.1 Å². The highest BCUT2D eigenvalue weighted by Gasteiger charge is 2.19. The number of aromatic nitrogens is 1. The molecule has 1 aromatic heterocycles. The third-order valence-corrected chi connectivity index (χ3v) is 4.51. The average molecular weight is 280 g/mol. The summed E-state index contributed by atoms with van der Waals surface area (Å²) in [5.74, 6) is 0. The van der Waals surface area contributed by atoms with E-state index < -0.39 is 10.0 Å². The first kappa shape index (κ1) is 13.8. The zero-order chi connectivity index (χ0) is 14.0. The standard InChI is InChI=1S/C13H16N2O3S/c1-9-4-10(2)13(11(3)5-9)19(16,17)15-6-12-7-18-8-14-12/h4-5,7-8,15H,6H2,1-3H3. The normalized spacial score (nSPS) is 11.7. The van der Waals surface area contributed by atoms with E-state index in [-0.39, 0.29) is 6.54 Å². The van der Waals surface area contributed by atoms with Gasteiger partial charge in [0.2, 0.25) is 10.0 Å². The Morgan fingerprint density at radius 3 is 2.37 bits per heavy atom. The van der Waals surface area contributed by atoms with Crippen LogP contribution in [0.3, 0.4) is 0 Å². The number of nitrogens with zero attached hydrogens (tertiary/aromatic N) is 1. The lowest BCUT2D eigenvalue weighted by Gasteiger charge is -2.12. The number of aryl methyl sites for hydroxylation is 3. The number of nitrogens with one attached hydrogen (secondary N) is 1. The molecule has 19 heavy (non-hydrogen) atoms. The first-order valence-electron chi connectivity index (χ1n) is 5.85. The van der Waals surface area contributed by atoms with E-state index in [1.807, 2.05) is 19.1 Å². The van der Waals surface area contributed by atoms with Crippen LogP contribution in [0.2, 0.25) is 0 Å². The van der Waals surface area contributed by atoms with Gasteiger partial charge in [-0.15, -0.1) is 0 Å². The Hall–Kier alpha value is -1.66. The van der Waals surface area contributed by atoms with E-state index in [4.69, 9.17) is 4.42 Å². The van der Waals surface area contributed by atoms with E-state index >= 15 is 0 Å². The van der Waals surface area contributed by atoms with E-state index in [2.05, 4.69) is 9.71 Å². The Labute approximate surface area is 112 Å². The van der Waals surface area contributed by atoms with Gasteiger partial charge in [-0.2, -0.15) is 0 Å². The van der Waals surface area contributed by atoms with Crippen molar-refractivity contribution in [1.29, 1.82) is 0 Å². The van der Waals surface area contributed by atoms with Crippen LogP contribution in [0.5, 0.6) is 0 Å². The lowest BCUT2D eigenvalue weighted by atomic mass is 10.1. The zero-order valence-corrected chi connectivity index (χ0v) is 11.9. The van der Waals surface area contributed by atoms with E-state index in [0.717, 1.165) is 16.7 Å². The van der Waals surface area contributed by atoms with Gasteiger partial charge in [0.1, 0.15) is 6.26 Å². The second-order valence-electron chi connectivity index (χ2n) is 4.53. The number of oxazole rings is 1. The van der Waals surface area contributed by atoms with E-state index in [9.17, 15) is 8.42 Å². The lowest BCUT2D eigenvalue weighted by Crippen LogP contribution is -2.25. The van der Waals surface area contributed by atoms with Crippen LogP contribution < -0.4 is 4.72 Å². The van der Waals surface area contributed by atoms with E-state index in [0.29, 0.717) is 10.6 Å².